The maximum absolute atomic E-state index is 12.6. The molecule has 1 aromatic heterocycles. The monoisotopic (exact) mass is 574 g/mol. The molecule has 1 heterocycles. The number of hydrogen-bond donors (Lipinski definition) is 2. The Morgan fingerprint density at radius 1 is 1.20 bits per heavy atom. The van der Waals surface area contributed by atoms with Crippen molar-refractivity contribution in [3.05, 3.63) is 74.6 Å². The van der Waals surface area contributed by atoms with E-state index in [-0.39, 0.29) is 5.70 Å². The van der Waals surface area contributed by atoms with Gasteiger partial charge in [0, 0.05) is 41.1 Å². The summed E-state index contributed by atoms with van der Waals surface area (Å²) in [5.74, 6) is -0.399. The van der Waals surface area contributed by atoms with E-state index in [4.69, 9.17) is 22.1 Å². The van der Waals surface area contributed by atoms with Crippen LogP contribution in [0.1, 0.15) is 17.0 Å². The van der Waals surface area contributed by atoms with Crippen molar-refractivity contribution in [1.82, 2.24) is 9.78 Å². The van der Waals surface area contributed by atoms with Gasteiger partial charge in [-0.25, -0.2) is 4.68 Å². The van der Waals surface area contributed by atoms with Crippen molar-refractivity contribution in [2.75, 3.05) is 11.9 Å². The first-order chi connectivity index (χ1) is 16.4. The van der Waals surface area contributed by atoms with Crippen molar-refractivity contribution >= 4 is 53.3 Å². The molecule has 0 aliphatic heterocycles. The molecule has 186 valence electrons. The lowest BCUT2D eigenvalue weighted by Crippen LogP contribution is -2.22. The number of benzene rings is 2. The SMILES string of the molecule is Cc1nn(COCC[Si](C)(C)C)c(C)c1-c1ccc(NC(=O)/C(N)=C/c2cc(Br)ccc2Cl)cc1. The van der Waals surface area contributed by atoms with E-state index >= 15 is 0 Å². The minimum absolute atomic E-state index is 0.0659. The fourth-order valence-electron chi connectivity index (χ4n) is 3.55. The van der Waals surface area contributed by atoms with Gasteiger partial charge in [-0.2, -0.15) is 5.10 Å². The van der Waals surface area contributed by atoms with Gasteiger partial charge in [0.25, 0.3) is 5.91 Å². The largest absolute Gasteiger partial charge is 0.394 e. The van der Waals surface area contributed by atoms with E-state index in [0.717, 1.165) is 39.6 Å². The molecule has 0 saturated heterocycles. The Balaban J connectivity index is 1.68. The van der Waals surface area contributed by atoms with E-state index in [2.05, 4.69) is 46.0 Å². The smallest absolute Gasteiger partial charge is 0.271 e. The van der Waals surface area contributed by atoms with Crippen LogP contribution in [0.3, 0.4) is 0 Å². The maximum Gasteiger partial charge on any atom is 0.271 e. The third kappa shape index (κ3) is 7.54. The highest BCUT2D eigenvalue weighted by atomic mass is 79.9. The lowest BCUT2D eigenvalue weighted by molar-refractivity contribution is -0.112. The molecule has 0 unspecified atom stereocenters. The second kappa shape index (κ2) is 11.6. The van der Waals surface area contributed by atoms with Crippen LogP contribution < -0.4 is 11.1 Å². The van der Waals surface area contributed by atoms with Crippen molar-refractivity contribution < 1.29 is 9.53 Å². The van der Waals surface area contributed by atoms with Gasteiger partial charge in [0.1, 0.15) is 6.73 Å². The van der Waals surface area contributed by atoms with Crippen LogP contribution in [-0.4, -0.2) is 30.4 Å². The van der Waals surface area contributed by atoms with Crippen molar-refractivity contribution in [2.24, 2.45) is 5.73 Å². The van der Waals surface area contributed by atoms with Gasteiger partial charge >= 0.3 is 0 Å². The zero-order valence-electron chi connectivity index (χ0n) is 20.8. The minimum atomic E-state index is -1.12. The van der Waals surface area contributed by atoms with Crippen LogP contribution in [0.15, 0.2) is 52.6 Å². The normalized spacial score (nSPS) is 12.1. The van der Waals surface area contributed by atoms with E-state index in [1.54, 1.807) is 18.2 Å². The number of ether oxygens (including phenoxy) is 1. The summed E-state index contributed by atoms with van der Waals surface area (Å²) < 4.78 is 8.64. The van der Waals surface area contributed by atoms with E-state index in [1.807, 2.05) is 48.9 Å². The zero-order valence-corrected chi connectivity index (χ0v) is 24.1. The molecule has 0 bridgehead atoms. The van der Waals surface area contributed by atoms with Gasteiger partial charge in [-0.05, 0) is 67.4 Å². The molecule has 0 atom stereocenters. The Bertz CT molecular complexity index is 1230. The highest BCUT2D eigenvalue weighted by Gasteiger charge is 2.16. The van der Waals surface area contributed by atoms with E-state index < -0.39 is 14.0 Å². The number of nitrogens with two attached hydrogens (primary N) is 1. The number of aromatic nitrogens is 2. The fourth-order valence-corrected chi connectivity index (χ4v) is 4.86. The summed E-state index contributed by atoms with van der Waals surface area (Å²) in [6.07, 6.45) is 1.56. The van der Waals surface area contributed by atoms with Crippen LogP contribution in [0, 0.1) is 13.8 Å². The molecule has 0 aliphatic rings. The van der Waals surface area contributed by atoms with Crippen LogP contribution in [-0.2, 0) is 16.3 Å². The van der Waals surface area contributed by atoms with Crippen LogP contribution in [0.2, 0.25) is 30.7 Å². The lowest BCUT2D eigenvalue weighted by Gasteiger charge is -2.15. The van der Waals surface area contributed by atoms with Gasteiger partial charge in [0.05, 0.1) is 11.4 Å². The number of anilines is 1. The molecular formula is C26H32BrClN4O2Si. The summed E-state index contributed by atoms with van der Waals surface area (Å²) in [4.78, 5) is 12.6. The Morgan fingerprint density at radius 2 is 1.89 bits per heavy atom. The number of carbonyl (C=O) groups excluding carboxylic acids is 1. The molecule has 1 amide bonds. The molecular weight excluding hydrogens is 544 g/mol. The number of nitrogens with zero attached hydrogens (tertiary/aromatic N) is 2. The lowest BCUT2D eigenvalue weighted by atomic mass is 10.0. The topological polar surface area (TPSA) is 82.2 Å². The van der Waals surface area contributed by atoms with Gasteiger partial charge in [-0.15, -0.1) is 0 Å². The highest BCUT2D eigenvalue weighted by molar-refractivity contribution is 9.10. The van der Waals surface area contributed by atoms with E-state index in [0.29, 0.717) is 23.0 Å². The fraction of sp³-hybridized carbons (Fsp3) is 0.308. The summed E-state index contributed by atoms with van der Waals surface area (Å²) in [5, 5.41) is 8.01. The summed E-state index contributed by atoms with van der Waals surface area (Å²) in [6.45, 7) is 12.3. The molecule has 0 radical (unpaired) electrons. The molecule has 9 heteroatoms. The van der Waals surface area contributed by atoms with Crippen LogP contribution >= 0.6 is 27.5 Å². The third-order valence-electron chi connectivity index (χ3n) is 5.55. The quantitative estimate of drug-likeness (QED) is 0.166. The number of hydrogen-bond acceptors (Lipinski definition) is 4. The summed E-state index contributed by atoms with van der Waals surface area (Å²) in [7, 11) is -1.12. The second-order valence-electron chi connectivity index (χ2n) is 9.69. The van der Waals surface area contributed by atoms with Gasteiger partial charge in [-0.3, -0.25) is 4.79 Å². The first-order valence-corrected chi connectivity index (χ1v) is 16.3. The predicted octanol–water partition coefficient (Wildman–Crippen LogP) is 6.83. The standard InChI is InChI=1S/C26H32BrClN4O2Si/c1-17-25(18(2)32(31-17)16-34-12-13-35(3,4)5)19-6-9-22(10-7-19)30-26(33)24(29)15-20-14-21(27)8-11-23(20)28/h6-11,14-15H,12-13,16,29H2,1-5H3,(H,30,33)/b24-15-. The average molecular weight is 576 g/mol. The number of amides is 1. The summed E-state index contributed by atoms with van der Waals surface area (Å²) in [6, 6.07) is 14.1. The van der Waals surface area contributed by atoms with Crippen molar-refractivity contribution in [3.63, 3.8) is 0 Å². The van der Waals surface area contributed by atoms with E-state index in [9.17, 15) is 4.79 Å². The first kappa shape index (κ1) is 27.2. The molecule has 3 N–H and O–H groups in total. The molecule has 6 nitrogen and oxygen atoms in total. The average Bonchev–Trinajstić information content (AvgIpc) is 3.06. The number of nitrogens with one attached hydrogen (secondary N) is 1. The van der Waals surface area contributed by atoms with Crippen LogP contribution in [0.5, 0.6) is 0 Å². The van der Waals surface area contributed by atoms with E-state index in [1.165, 1.54) is 0 Å². The summed E-state index contributed by atoms with van der Waals surface area (Å²) >= 11 is 9.59. The number of rotatable bonds is 9. The molecule has 3 aromatic rings. The number of carbonyl (C=O) groups is 1. The summed E-state index contributed by atoms with van der Waals surface area (Å²) in [5.41, 5.74) is 11.5. The maximum atomic E-state index is 12.6. The highest BCUT2D eigenvalue weighted by Crippen LogP contribution is 2.28. The van der Waals surface area contributed by atoms with Crippen LogP contribution in [0.4, 0.5) is 5.69 Å². The Morgan fingerprint density at radius 3 is 2.54 bits per heavy atom. The third-order valence-corrected chi connectivity index (χ3v) is 8.10. The van der Waals surface area contributed by atoms with Crippen molar-refractivity contribution in [1.29, 1.82) is 0 Å². The molecule has 3 rings (SSSR count). The van der Waals surface area contributed by atoms with Crippen molar-refractivity contribution in [3.8, 4) is 11.1 Å². The molecule has 0 saturated carbocycles. The molecule has 0 aliphatic carbocycles. The first-order valence-electron chi connectivity index (χ1n) is 11.4. The Hall–Kier alpha value is -2.39. The number of halogens is 2. The Labute approximate surface area is 221 Å². The van der Waals surface area contributed by atoms with Gasteiger partial charge in [0.2, 0.25) is 0 Å². The number of aryl methyl sites for hydroxylation is 1. The van der Waals surface area contributed by atoms with Gasteiger partial charge < -0.3 is 15.8 Å². The molecule has 0 spiro atoms. The Kier molecular flexibility index (Phi) is 8.98. The minimum Gasteiger partial charge on any atom is -0.394 e. The molecule has 2 aromatic carbocycles. The predicted molar refractivity (Wildman–Crippen MR) is 151 cm³/mol. The molecule has 0 fully saturated rings. The zero-order chi connectivity index (χ0) is 25.8. The van der Waals surface area contributed by atoms with Gasteiger partial charge in [-0.1, -0.05) is 59.3 Å². The second-order valence-corrected chi connectivity index (χ2v) is 16.6. The van der Waals surface area contributed by atoms with Crippen molar-refractivity contribution in [2.45, 2.75) is 46.3 Å². The molecule has 35 heavy (non-hydrogen) atoms. The van der Waals surface area contributed by atoms with Gasteiger partial charge in [0.15, 0.2) is 0 Å². The van der Waals surface area contributed by atoms with Crippen LogP contribution in [0.25, 0.3) is 17.2 Å².